The SMILES string of the molecule is Cc1ccc(C[C@H](C#N)Sc2nnc3c(Cl)cc(C(F)(F)F)cn23)cc1. The lowest BCUT2D eigenvalue weighted by atomic mass is 10.1. The van der Waals surface area contributed by atoms with E-state index in [4.69, 9.17) is 11.6 Å². The minimum atomic E-state index is -4.54. The fourth-order valence-electron chi connectivity index (χ4n) is 2.35. The van der Waals surface area contributed by atoms with Crippen molar-refractivity contribution in [1.82, 2.24) is 14.6 Å². The maximum absolute atomic E-state index is 13.0. The molecule has 0 spiro atoms. The molecule has 0 fully saturated rings. The topological polar surface area (TPSA) is 54.0 Å². The quantitative estimate of drug-likeness (QED) is 0.586. The fourth-order valence-corrected chi connectivity index (χ4v) is 3.52. The predicted molar refractivity (Wildman–Crippen MR) is 93.1 cm³/mol. The standard InChI is InChI=1S/C17H12ClF3N4S/c1-10-2-4-11(5-3-10)6-13(8-22)26-16-24-23-15-14(18)7-12(9-25(15)16)17(19,20)21/h2-5,7,9,13H,6H2,1H3/t13-/m1/s1. The van der Waals surface area contributed by atoms with Gasteiger partial charge < -0.3 is 0 Å². The van der Waals surface area contributed by atoms with E-state index in [1.807, 2.05) is 31.2 Å². The van der Waals surface area contributed by atoms with Crippen LogP contribution < -0.4 is 0 Å². The summed E-state index contributed by atoms with van der Waals surface area (Å²) in [7, 11) is 0. The summed E-state index contributed by atoms with van der Waals surface area (Å²) in [6, 6.07) is 10.7. The Labute approximate surface area is 156 Å². The van der Waals surface area contributed by atoms with Crippen molar-refractivity contribution >= 4 is 29.0 Å². The highest BCUT2D eigenvalue weighted by Gasteiger charge is 2.32. The fraction of sp³-hybridized carbons (Fsp3) is 0.235. The highest BCUT2D eigenvalue weighted by molar-refractivity contribution is 8.00. The lowest BCUT2D eigenvalue weighted by Crippen LogP contribution is -2.08. The van der Waals surface area contributed by atoms with Crippen LogP contribution in [-0.2, 0) is 12.6 Å². The molecule has 0 saturated heterocycles. The molecule has 2 aromatic heterocycles. The van der Waals surface area contributed by atoms with Crippen LogP contribution in [0.5, 0.6) is 0 Å². The Hall–Kier alpha value is -2.24. The number of rotatable bonds is 4. The Morgan fingerprint density at radius 1 is 1.27 bits per heavy atom. The van der Waals surface area contributed by atoms with Gasteiger partial charge in [-0.2, -0.15) is 18.4 Å². The average molecular weight is 397 g/mol. The van der Waals surface area contributed by atoms with Gasteiger partial charge in [-0.1, -0.05) is 53.2 Å². The Balaban J connectivity index is 1.90. The lowest BCUT2D eigenvalue weighted by Gasteiger charge is -2.10. The van der Waals surface area contributed by atoms with Crippen molar-refractivity contribution in [2.45, 2.75) is 29.9 Å². The number of halogens is 4. The molecule has 0 saturated carbocycles. The molecule has 0 aliphatic carbocycles. The Morgan fingerprint density at radius 2 is 1.96 bits per heavy atom. The van der Waals surface area contributed by atoms with Gasteiger partial charge in [-0.25, -0.2) is 0 Å². The average Bonchev–Trinajstić information content (AvgIpc) is 2.99. The summed E-state index contributed by atoms with van der Waals surface area (Å²) in [5.74, 6) is 0. The van der Waals surface area contributed by atoms with E-state index in [-0.39, 0.29) is 15.8 Å². The summed E-state index contributed by atoms with van der Waals surface area (Å²) in [4.78, 5) is 0. The number of benzene rings is 1. The molecular weight excluding hydrogens is 385 g/mol. The van der Waals surface area contributed by atoms with Gasteiger partial charge in [0.25, 0.3) is 0 Å². The zero-order valence-corrected chi connectivity index (χ0v) is 15.0. The molecule has 4 nitrogen and oxygen atoms in total. The molecule has 2 heterocycles. The number of nitrogens with zero attached hydrogens (tertiary/aromatic N) is 4. The van der Waals surface area contributed by atoms with Crippen LogP contribution in [0.4, 0.5) is 13.2 Å². The third-order valence-electron chi connectivity index (χ3n) is 3.69. The predicted octanol–water partition coefficient (Wildman–Crippen LogP) is 4.94. The number of nitriles is 1. The van der Waals surface area contributed by atoms with Crippen LogP contribution in [0.3, 0.4) is 0 Å². The van der Waals surface area contributed by atoms with Gasteiger partial charge in [-0.15, -0.1) is 10.2 Å². The van der Waals surface area contributed by atoms with Crippen LogP contribution >= 0.6 is 23.4 Å². The number of hydrogen-bond donors (Lipinski definition) is 0. The van der Waals surface area contributed by atoms with Crippen LogP contribution in [0.15, 0.2) is 41.7 Å². The second-order valence-electron chi connectivity index (χ2n) is 5.68. The van der Waals surface area contributed by atoms with E-state index in [9.17, 15) is 18.4 Å². The third kappa shape index (κ3) is 3.94. The third-order valence-corrected chi connectivity index (χ3v) is 5.01. The van der Waals surface area contributed by atoms with Crippen molar-refractivity contribution in [2.75, 3.05) is 0 Å². The number of alkyl halides is 3. The number of pyridine rings is 1. The first-order chi connectivity index (χ1) is 12.3. The maximum Gasteiger partial charge on any atom is 0.417 e. The van der Waals surface area contributed by atoms with Crippen LogP contribution in [0.1, 0.15) is 16.7 Å². The summed E-state index contributed by atoms with van der Waals surface area (Å²) in [5.41, 5.74) is 1.28. The zero-order chi connectivity index (χ0) is 18.9. The van der Waals surface area contributed by atoms with Crippen molar-refractivity contribution in [3.63, 3.8) is 0 Å². The molecule has 134 valence electrons. The molecule has 0 aliphatic rings. The van der Waals surface area contributed by atoms with E-state index in [0.29, 0.717) is 6.42 Å². The number of hydrogen-bond acceptors (Lipinski definition) is 4. The van der Waals surface area contributed by atoms with Gasteiger partial charge in [0.05, 0.1) is 16.7 Å². The van der Waals surface area contributed by atoms with Gasteiger partial charge in [-0.05, 0) is 25.0 Å². The molecule has 0 radical (unpaired) electrons. The van der Waals surface area contributed by atoms with Gasteiger partial charge >= 0.3 is 6.18 Å². The summed E-state index contributed by atoms with van der Waals surface area (Å²) in [6.07, 6.45) is -3.21. The largest absolute Gasteiger partial charge is 0.417 e. The minimum absolute atomic E-state index is 0.120. The number of thioether (sulfide) groups is 1. The smallest absolute Gasteiger partial charge is 0.276 e. The molecule has 0 aliphatic heterocycles. The number of fused-ring (bicyclic) bond motifs is 1. The van der Waals surface area contributed by atoms with Crippen molar-refractivity contribution in [3.05, 3.63) is 58.2 Å². The van der Waals surface area contributed by atoms with Gasteiger partial charge in [0.2, 0.25) is 0 Å². The first kappa shape index (κ1) is 18.5. The molecule has 0 amide bonds. The van der Waals surface area contributed by atoms with Crippen molar-refractivity contribution < 1.29 is 13.2 Å². The summed E-state index contributed by atoms with van der Waals surface area (Å²) < 4.78 is 40.2. The summed E-state index contributed by atoms with van der Waals surface area (Å²) in [6.45, 7) is 1.96. The molecule has 3 rings (SSSR count). The second kappa shape index (κ2) is 7.17. The molecule has 0 unspecified atom stereocenters. The maximum atomic E-state index is 13.0. The molecular formula is C17H12ClF3N4S. The van der Waals surface area contributed by atoms with E-state index in [2.05, 4.69) is 16.3 Å². The van der Waals surface area contributed by atoms with Crippen molar-refractivity contribution in [2.24, 2.45) is 0 Å². The van der Waals surface area contributed by atoms with E-state index < -0.39 is 17.0 Å². The molecule has 1 aromatic carbocycles. The lowest BCUT2D eigenvalue weighted by molar-refractivity contribution is -0.137. The highest BCUT2D eigenvalue weighted by Crippen LogP contribution is 2.34. The molecule has 26 heavy (non-hydrogen) atoms. The first-order valence-corrected chi connectivity index (χ1v) is 8.77. The first-order valence-electron chi connectivity index (χ1n) is 7.51. The second-order valence-corrected chi connectivity index (χ2v) is 7.25. The van der Waals surface area contributed by atoms with Crippen LogP contribution in [0.25, 0.3) is 5.65 Å². The van der Waals surface area contributed by atoms with E-state index in [0.717, 1.165) is 35.2 Å². The molecule has 0 N–H and O–H groups in total. The zero-order valence-electron chi connectivity index (χ0n) is 13.5. The highest BCUT2D eigenvalue weighted by atomic mass is 35.5. The normalized spacial score (nSPS) is 12.9. The minimum Gasteiger partial charge on any atom is -0.276 e. The molecule has 1 atom stereocenters. The number of aryl methyl sites for hydroxylation is 1. The van der Waals surface area contributed by atoms with E-state index in [1.165, 1.54) is 4.40 Å². The van der Waals surface area contributed by atoms with Gasteiger partial charge in [-0.3, -0.25) is 4.40 Å². The van der Waals surface area contributed by atoms with Crippen LogP contribution in [0, 0.1) is 18.3 Å². The van der Waals surface area contributed by atoms with E-state index in [1.54, 1.807) is 0 Å². The Kier molecular flexibility index (Phi) is 5.12. The van der Waals surface area contributed by atoms with Crippen LogP contribution in [-0.4, -0.2) is 19.8 Å². The Morgan fingerprint density at radius 3 is 2.58 bits per heavy atom. The van der Waals surface area contributed by atoms with Crippen LogP contribution in [0.2, 0.25) is 5.02 Å². The van der Waals surface area contributed by atoms with E-state index >= 15 is 0 Å². The molecule has 3 aromatic rings. The molecule has 9 heteroatoms. The van der Waals surface area contributed by atoms with Crippen molar-refractivity contribution in [1.29, 1.82) is 5.26 Å². The van der Waals surface area contributed by atoms with Gasteiger partial charge in [0, 0.05) is 6.20 Å². The van der Waals surface area contributed by atoms with Gasteiger partial charge in [0.15, 0.2) is 10.8 Å². The Bertz CT molecular complexity index is 977. The van der Waals surface area contributed by atoms with Crippen molar-refractivity contribution in [3.8, 4) is 6.07 Å². The van der Waals surface area contributed by atoms with Gasteiger partial charge in [0.1, 0.15) is 5.25 Å². The number of aromatic nitrogens is 3. The summed E-state index contributed by atoms with van der Waals surface area (Å²) >= 11 is 6.95. The monoisotopic (exact) mass is 396 g/mol. The summed E-state index contributed by atoms with van der Waals surface area (Å²) in [5, 5.41) is 16.7. The molecule has 0 bridgehead atoms.